The molecule has 1 aliphatic heterocycles. The van der Waals surface area contributed by atoms with E-state index in [4.69, 9.17) is 0 Å². The topological polar surface area (TPSA) is 32.3 Å². The van der Waals surface area contributed by atoms with Gasteiger partial charge < -0.3 is 10.2 Å². The van der Waals surface area contributed by atoms with E-state index in [9.17, 15) is 13.6 Å². The van der Waals surface area contributed by atoms with Crippen LogP contribution >= 0.6 is 0 Å². The molecule has 1 atom stereocenters. The monoisotopic (exact) mass is 282 g/mol. The lowest BCUT2D eigenvalue weighted by molar-refractivity contribution is -0.131. The van der Waals surface area contributed by atoms with Crippen molar-refractivity contribution in [2.45, 2.75) is 38.6 Å². The Morgan fingerprint density at radius 2 is 1.80 bits per heavy atom. The minimum absolute atomic E-state index is 0.0108. The zero-order valence-electron chi connectivity index (χ0n) is 11.7. The summed E-state index contributed by atoms with van der Waals surface area (Å²) >= 11 is 0. The van der Waals surface area contributed by atoms with Gasteiger partial charge in [0.1, 0.15) is 6.04 Å². The average molecular weight is 282 g/mol. The van der Waals surface area contributed by atoms with Crippen LogP contribution in [0.1, 0.15) is 32.6 Å². The number of rotatable bonds is 3. The Morgan fingerprint density at radius 1 is 1.15 bits per heavy atom. The van der Waals surface area contributed by atoms with Gasteiger partial charge in [-0.3, -0.25) is 4.79 Å². The van der Waals surface area contributed by atoms with Crippen molar-refractivity contribution in [3.8, 4) is 0 Å². The molecule has 1 aliphatic rings. The number of halogens is 2. The summed E-state index contributed by atoms with van der Waals surface area (Å²) < 4.78 is 26.0. The van der Waals surface area contributed by atoms with Gasteiger partial charge in [0, 0.05) is 24.8 Å². The van der Waals surface area contributed by atoms with Crippen LogP contribution in [-0.4, -0.2) is 29.9 Å². The summed E-state index contributed by atoms with van der Waals surface area (Å²) in [7, 11) is 0. The molecule has 1 unspecified atom stereocenters. The molecular formula is C15H20F2N2O. The van der Waals surface area contributed by atoms with Gasteiger partial charge in [0.15, 0.2) is 11.6 Å². The third kappa shape index (κ3) is 3.68. The highest BCUT2D eigenvalue weighted by Gasteiger charge is 2.21. The highest BCUT2D eigenvalue weighted by molar-refractivity contribution is 5.84. The first-order valence-corrected chi connectivity index (χ1v) is 7.08. The van der Waals surface area contributed by atoms with Crippen molar-refractivity contribution in [3.63, 3.8) is 0 Å². The van der Waals surface area contributed by atoms with Gasteiger partial charge in [-0.25, -0.2) is 8.78 Å². The van der Waals surface area contributed by atoms with Gasteiger partial charge in [-0.05, 0) is 31.9 Å². The molecule has 0 aromatic heterocycles. The molecule has 1 heterocycles. The Balaban J connectivity index is 1.97. The van der Waals surface area contributed by atoms with Gasteiger partial charge in [0.25, 0.3) is 0 Å². The average Bonchev–Trinajstić information content (AvgIpc) is 2.71. The third-order valence-corrected chi connectivity index (χ3v) is 3.59. The number of carbonyl (C=O) groups is 1. The van der Waals surface area contributed by atoms with E-state index in [-0.39, 0.29) is 5.91 Å². The maximum Gasteiger partial charge on any atom is 0.244 e. The molecule has 0 bridgehead atoms. The summed E-state index contributed by atoms with van der Waals surface area (Å²) in [6, 6.07) is 3.12. The maximum atomic E-state index is 13.1. The minimum atomic E-state index is -0.913. The number of likely N-dealkylation sites (tertiary alicyclic amines) is 1. The smallest absolute Gasteiger partial charge is 0.244 e. The Morgan fingerprint density at radius 3 is 2.40 bits per heavy atom. The van der Waals surface area contributed by atoms with E-state index < -0.39 is 17.7 Å². The molecule has 1 saturated heterocycles. The van der Waals surface area contributed by atoms with Crippen LogP contribution in [0.5, 0.6) is 0 Å². The predicted octanol–water partition coefficient (Wildman–Crippen LogP) is 3.17. The van der Waals surface area contributed by atoms with Gasteiger partial charge in [-0.1, -0.05) is 12.8 Å². The maximum absolute atomic E-state index is 13.1. The van der Waals surface area contributed by atoms with Crippen molar-refractivity contribution >= 4 is 11.6 Å². The summed E-state index contributed by atoms with van der Waals surface area (Å²) in [5.74, 6) is -1.79. The molecule has 1 fully saturated rings. The fourth-order valence-corrected chi connectivity index (χ4v) is 2.46. The second-order valence-corrected chi connectivity index (χ2v) is 5.23. The van der Waals surface area contributed by atoms with Crippen molar-refractivity contribution in [1.82, 2.24) is 4.90 Å². The quantitative estimate of drug-likeness (QED) is 0.923. The van der Waals surface area contributed by atoms with Crippen molar-refractivity contribution in [1.29, 1.82) is 0 Å². The van der Waals surface area contributed by atoms with E-state index >= 15 is 0 Å². The largest absolute Gasteiger partial charge is 0.374 e. The highest BCUT2D eigenvalue weighted by Crippen LogP contribution is 2.16. The molecule has 5 heteroatoms. The van der Waals surface area contributed by atoms with E-state index in [1.54, 1.807) is 6.92 Å². The number of carbonyl (C=O) groups excluding carboxylic acids is 1. The zero-order valence-corrected chi connectivity index (χ0v) is 11.7. The summed E-state index contributed by atoms with van der Waals surface area (Å²) in [6.07, 6.45) is 4.39. The van der Waals surface area contributed by atoms with Crippen molar-refractivity contribution in [2.75, 3.05) is 18.4 Å². The van der Waals surface area contributed by atoms with Gasteiger partial charge in [0.05, 0.1) is 0 Å². The SMILES string of the molecule is CC(Nc1ccc(F)c(F)c1)C(=O)N1CCCCCC1. The predicted molar refractivity (Wildman–Crippen MR) is 74.5 cm³/mol. The first-order chi connectivity index (χ1) is 9.58. The fraction of sp³-hybridized carbons (Fsp3) is 0.533. The molecule has 110 valence electrons. The molecule has 1 amide bonds. The minimum Gasteiger partial charge on any atom is -0.374 e. The summed E-state index contributed by atoms with van der Waals surface area (Å²) in [5.41, 5.74) is 0.416. The molecule has 0 saturated carbocycles. The first-order valence-electron chi connectivity index (χ1n) is 7.08. The molecule has 2 rings (SSSR count). The number of hydrogen-bond donors (Lipinski definition) is 1. The van der Waals surface area contributed by atoms with Gasteiger partial charge in [-0.2, -0.15) is 0 Å². The molecule has 20 heavy (non-hydrogen) atoms. The van der Waals surface area contributed by atoms with Crippen LogP contribution in [0.25, 0.3) is 0 Å². The lowest BCUT2D eigenvalue weighted by Crippen LogP contribution is -2.41. The Labute approximate surface area is 118 Å². The van der Waals surface area contributed by atoms with Gasteiger partial charge >= 0.3 is 0 Å². The third-order valence-electron chi connectivity index (χ3n) is 3.59. The van der Waals surface area contributed by atoms with E-state index in [1.165, 1.54) is 6.07 Å². The number of anilines is 1. The van der Waals surface area contributed by atoms with Gasteiger partial charge in [-0.15, -0.1) is 0 Å². The molecule has 0 aliphatic carbocycles. The van der Waals surface area contributed by atoms with Crippen LogP contribution in [0, 0.1) is 11.6 Å². The molecule has 1 aromatic carbocycles. The summed E-state index contributed by atoms with van der Waals surface area (Å²) in [5, 5.41) is 2.93. The van der Waals surface area contributed by atoms with Crippen LogP contribution in [0.15, 0.2) is 18.2 Å². The highest BCUT2D eigenvalue weighted by atomic mass is 19.2. The second-order valence-electron chi connectivity index (χ2n) is 5.23. The van der Waals surface area contributed by atoms with Crippen LogP contribution in [0.4, 0.5) is 14.5 Å². The number of nitrogens with zero attached hydrogens (tertiary/aromatic N) is 1. The number of nitrogens with one attached hydrogen (secondary N) is 1. The molecule has 1 N–H and O–H groups in total. The van der Waals surface area contributed by atoms with Crippen molar-refractivity contribution in [2.24, 2.45) is 0 Å². The van der Waals surface area contributed by atoms with Crippen LogP contribution in [0.3, 0.4) is 0 Å². The normalized spacial score (nSPS) is 17.4. The second kappa shape index (κ2) is 6.68. The Hall–Kier alpha value is -1.65. The first kappa shape index (κ1) is 14.8. The standard InChI is InChI=1S/C15H20F2N2O/c1-11(15(20)19-8-4-2-3-5-9-19)18-12-6-7-13(16)14(17)10-12/h6-7,10-11,18H,2-5,8-9H2,1H3. The molecular weight excluding hydrogens is 262 g/mol. The lowest BCUT2D eigenvalue weighted by Gasteiger charge is -2.25. The summed E-state index contributed by atoms with van der Waals surface area (Å²) in [4.78, 5) is 14.2. The Kier molecular flexibility index (Phi) is 4.93. The van der Waals surface area contributed by atoms with E-state index in [1.807, 2.05) is 4.90 Å². The molecule has 1 aromatic rings. The molecule has 3 nitrogen and oxygen atoms in total. The summed E-state index contributed by atoms with van der Waals surface area (Å²) in [6.45, 7) is 3.31. The van der Waals surface area contributed by atoms with Crippen molar-refractivity contribution in [3.05, 3.63) is 29.8 Å². The van der Waals surface area contributed by atoms with E-state index in [0.717, 1.165) is 50.9 Å². The Bertz CT molecular complexity index is 471. The van der Waals surface area contributed by atoms with E-state index in [2.05, 4.69) is 5.32 Å². The zero-order chi connectivity index (χ0) is 14.5. The molecule has 0 spiro atoms. The van der Waals surface area contributed by atoms with Crippen LogP contribution in [-0.2, 0) is 4.79 Å². The number of hydrogen-bond acceptors (Lipinski definition) is 2. The van der Waals surface area contributed by atoms with Crippen LogP contribution < -0.4 is 5.32 Å². The molecule has 0 radical (unpaired) electrons. The number of benzene rings is 1. The van der Waals surface area contributed by atoms with Crippen molar-refractivity contribution < 1.29 is 13.6 Å². The van der Waals surface area contributed by atoms with Gasteiger partial charge in [0.2, 0.25) is 5.91 Å². The van der Waals surface area contributed by atoms with E-state index in [0.29, 0.717) is 5.69 Å². The fourth-order valence-electron chi connectivity index (χ4n) is 2.46. The van der Waals surface area contributed by atoms with Crippen LogP contribution in [0.2, 0.25) is 0 Å². The number of amides is 1. The lowest BCUT2D eigenvalue weighted by atomic mass is 10.2.